The molecule has 0 bridgehead atoms. The number of aryl methyl sites for hydroxylation is 3. The highest BCUT2D eigenvalue weighted by Gasteiger charge is 2.12. The standard InChI is InChI=1S/C19H21N3O3S2/c1-12-10-13(2)18-16(11-12)26-19(22-18)21-17(23)9-6-14-4-7-15(8-5-14)27(24,25)20-3/h4-5,7-8,10-11,20H,6,9H2,1-3H3,(H,21,22,23). The predicted octanol–water partition coefficient (Wildman–Crippen LogP) is 3.39. The van der Waals surface area contributed by atoms with Crippen LogP contribution in [-0.2, 0) is 21.2 Å². The monoisotopic (exact) mass is 403 g/mol. The molecule has 0 aliphatic heterocycles. The minimum absolute atomic E-state index is 0.115. The van der Waals surface area contributed by atoms with E-state index >= 15 is 0 Å². The Labute approximate surface area is 162 Å². The number of carbonyl (C=O) groups is 1. The van der Waals surface area contributed by atoms with Crippen LogP contribution in [0.25, 0.3) is 10.2 Å². The lowest BCUT2D eigenvalue weighted by Gasteiger charge is -2.05. The number of sulfonamides is 1. The summed E-state index contributed by atoms with van der Waals surface area (Å²) in [5.74, 6) is -0.115. The summed E-state index contributed by atoms with van der Waals surface area (Å²) >= 11 is 1.47. The molecule has 6 nitrogen and oxygen atoms in total. The van der Waals surface area contributed by atoms with Gasteiger partial charge < -0.3 is 5.32 Å². The average Bonchev–Trinajstić information content (AvgIpc) is 3.03. The first-order valence-electron chi connectivity index (χ1n) is 8.48. The molecule has 0 spiro atoms. The second-order valence-electron chi connectivity index (χ2n) is 6.35. The van der Waals surface area contributed by atoms with E-state index in [2.05, 4.69) is 27.2 Å². The van der Waals surface area contributed by atoms with E-state index in [4.69, 9.17) is 0 Å². The molecule has 0 aliphatic rings. The van der Waals surface area contributed by atoms with Crippen LogP contribution in [-0.4, -0.2) is 26.4 Å². The van der Waals surface area contributed by atoms with Crippen LogP contribution in [0.15, 0.2) is 41.3 Å². The highest BCUT2D eigenvalue weighted by Crippen LogP contribution is 2.29. The van der Waals surface area contributed by atoms with Crippen molar-refractivity contribution < 1.29 is 13.2 Å². The molecule has 0 saturated carbocycles. The minimum Gasteiger partial charge on any atom is -0.302 e. The van der Waals surface area contributed by atoms with Crippen LogP contribution < -0.4 is 10.0 Å². The second-order valence-corrected chi connectivity index (χ2v) is 9.26. The first-order chi connectivity index (χ1) is 12.8. The van der Waals surface area contributed by atoms with Gasteiger partial charge in [-0.1, -0.05) is 29.5 Å². The van der Waals surface area contributed by atoms with E-state index in [1.807, 2.05) is 13.8 Å². The zero-order valence-electron chi connectivity index (χ0n) is 15.4. The normalized spacial score (nSPS) is 11.7. The van der Waals surface area contributed by atoms with Gasteiger partial charge >= 0.3 is 0 Å². The van der Waals surface area contributed by atoms with Crippen molar-refractivity contribution in [3.8, 4) is 0 Å². The molecule has 0 aliphatic carbocycles. The molecule has 1 aromatic heterocycles. The summed E-state index contributed by atoms with van der Waals surface area (Å²) < 4.78 is 26.8. The van der Waals surface area contributed by atoms with Gasteiger partial charge in [0.15, 0.2) is 5.13 Å². The van der Waals surface area contributed by atoms with Gasteiger partial charge in [0, 0.05) is 6.42 Å². The van der Waals surface area contributed by atoms with Gasteiger partial charge in [-0.2, -0.15) is 0 Å². The highest BCUT2D eigenvalue weighted by molar-refractivity contribution is 7.89. The Kier molecular flexibility index (Phi) is 5.59. The molecule has 3 rings (SSSR count). The molecule has 0 fully saturated rings. The number of carbonyl (C=O) groups excluding carboxylic acids is 1. The highest BCUT2D eigenvalue weighted by atomic mass is 32.2. The minimum atomic E-state index is -3.44. The van der Waals surface area contributed by atoms with E-state index in [-0.39, 0.29) is 10.8 Å². The molecule has 8 heteroatoms. The van der Waals surface area contributed by atoms with Crippen molar-refractivity contribution in [3.05, 3.63) is 53.1 Å². The fourth-order valence-electron chi connectivity index (χ4n) is 2.82. The number of hydrogen-bond acceptors (Lipinski definition) is 5. The Bertz CT molecular complexity index is 1090. The van der Waals surface area contributed by atoms with E-state index < -0.39 is 10.0 Å². The Balaban J connectivity index is 1.62. The van der Waals surface area contributed by atoms with Crippen molar-refractivity contribution >= 4 is 42.6 Å². The fraction of sp³-hybridized carbons (Fsp3) is 0.263. The lowest BCUT2D eigenvalue weighted by Crippen LogP contribution is -2.18. The van der Waals surface area contributed by atoms with Gasteiger partial charge in [-0.15, -0.1) is 0 Å². The quantitative estimate of drug-likeness (QED) is 0.660. The smallest absolute Gasteiger partial charge is 0.240 e. The van der Waals surface area contributed by atoms with Gasteiger partial charge in [0.25, 0.3) is 0 Å². The van der Waals surface area contributed by atoms with Crippen LogP contribution in [0.3, 0.4) is 0 Å². The van der Waals surface area contributed by atoms with Crippen molar-refractivity contribution in [2.75, 3.05) is 12.4 Å². The number of aromatic nitrogens is 1. The molecule has 27 heavy (non-hydrogen) atoms. The third kappa shape index (κ3) is 4.52. The van der Waals surface area contributed by atoms with Crippen molar-refractivity contribution in [1.82, 2.24) is 9.71 Å². The Morgan fingerprint density at radius 1 is 1.15 bits per heavy atom. The molecular formula is C19H21N3O3S2. The lowest BCUT2D eigenvalue weighted by molar-refractivity contribution is -0.116. The summed E-state index contributed by atoms with van der Waals surface area (Å²) in [6.45, 7) is 4.05. The number of anilines is 1. The predicted molar refractivity (Wildman–Crippen MR) is 109 cm³/mol. The van der Waals surface area contributed by atoms with Crippen LogP contribution in [0.2, 0.25) is 0 Å². The zero-order valence-corrected chi connectivity index (χ0v) is 17.0. The van der Waals surface area contributed by atoms with E-state index in [1.165, 1.54) is 36.1 Å². The van der Waals surface area contributed by atoms with Gasteiger partial charge in [-0.25, -0.2) is 18.1 Å². The molecule has 0 unspecified atom stereocenters. The molecule has 1 amide bonds. The van der Waals surface area contributed by atoms with Gasteiger partial charge in [0.05, 0.1) is 15.1 Å². The Morgan fingerprint density at radius 2 is 1.85 bits per heavy atom. The second kappa shape index (κ2) is 7.75. The van der Waals surface area contributed by atoms with Crippen molar-refractivity contribution in [2.45, 2.75) is 31.6 Å². The van der Waals surface area contributed by atoms with Crippen molar-refractivity contribution in [1.29, 1.82) is 0 Å². The number of hydrogen-bond donors (Lipinski definition) is 2. The molecule has 1 heterocycles. The average molecular weight is 404 g/mol. The van der Waals surface area contributed by atoms with Crippen molar-refractivity contribution in [2.24, 2.45) is 0 Å². The van der Waals surface area contributed by atoms with Gasteiger partial charge in [0.1, 0.15) is 0 Å². The Morgan fingerprint density at radius 3 is 2.52 bits per heavy atom. The summed E-state index contributed by atoms with van der Waals surface area (Å²) in [6, 6.07) is 10.7. The van der Waals surface area contributed by atoms with Crippen LogP contribution in [0.4, 0.5) is 5.13 Å². The molecule has 0 radical (unpaired) electrons. The number of thiazole rings is 1. The third-order valence-electron chi connectivity index (χ3n) is 4.22. The van der Waals surface area contributed by atoms with Crippen LogP contribution in [0.5, 0.6) is 0 Å². The SMILES string of the molecule is CNS(=O)(=O)c1ccc(CCC(=O)Nc2nc3c(C)cc(C)cc3s2)cc1. The maximum absolute atomic E-state index is 12.2. The molecule has 0 atom stereocenters. The first-order valence-corrected chi connectivity index (χ1v) is 10.8. The summed E-state index contributed by atoms with van der Waals surface area (Å²) in [5, 5.41) is 3.45. The summed E-state index contributed by atoms with van der Waals surface area (Å²) in [5.41, 5.74) is 4.09. The summed E-state index contributed by atoms with van der Waals surface area (Å²) in [7, 11) is -2.07. The molecule has 2 N–H and O–H groups in total. The number of amides is 1. The van der Waals surface area contributed by atoms with Gasteiger partial charge in [-0.3, -0.25) is 4.79 Å². The van der Waals surface area contributed by atoms with Crippen LogP contribution >= 0.6 is 11.3 Å². The maximum atomic E-state index is 12.2. The lowest BCUT2D eigenvalue weighted by atomic mass is 10.1. The number of fused-ring (bicyclic) bond motifs is 1. The number of nitrogens with zero attached hydrogens (tertiary/aromatic N) is 1. The largest absolute Gasteiger partial charge is 0.302 e. The molecule has 0 saturated heterocycles. The van der Waals surface area contributed by atoms with E-state index in [0.717, 1.165) is 21.3 Å². The van der Waals surface area contributed by atoms with E-state index in [9.17, 15) is 13.2 Å². The van der Waals surface area contributed by atoms with Gasteiger partial charge in [0.2, 0.25) is 15.9 Å². The third-order valence-corrected chi connectivity index (χ3v) is 6.57. The van der Waals surface area contributed by atoms with Crippen LogP contribution in [0.1, 0.15) is 23.1 Å². The molecule has 3 aromatic rings. The van der Waals surface area contributed by atoms with Crippen molar-refractivity contribution in [3.63, 3.8) is 0 Å². The molecular weight excluding hydrogens is 382 g/mol. The maximum Gasteiger partial charge on any atom is 0.240 e. The number of benzene rings is 2. The summed E-state index contributed by atoms with van der Waals surface area (Å²) in [4.78, 5) is 17.0. The zero-order chi connectivity index (χ0) is 19.6. The first kappa shape index (κ1) is 19.5. The topological polar surface area (TPSA) is 88.2 Å². The van der Waals surface area contributed by atoms with Crippen LogP contribution in [0, 0.1) is 13.8 Å². The number of nitrogens with one attached hydrogen (secondary N) is 2. The molecule has 142 valence electrons. The molecule has 2 aromatic carbocycles. The van der Waals surface area contributed by atoms with E-state index in [0.29, 0.717) is 18.0 Å². The van der Waals surface area contributed by atoms with E-state index in [1.54, 1.807) is 12.1 Å². The Hall–Kier alpha value is -2.29. The number of rotatable bonds is 6. The summed E-state index contributed by atoms with van der Waals surface area (Å²) in [6.07, 6.45) is 0.820. The van der Waals surface area contributed by atoms with Gasteiger partial charge in [-0.05, 0) is 62.2 Å². The fourth-order valence-corrected chi connectivity index (χ4v) is 4.61.